The minimum atomic E-state index is -4.56. The van der Waals surface area contributed by atoms with Crippen molar-refractivity contribution in [3.05, 3.63) is 93.9 Å². The summed E-state index contributed by atoms with van der Waals surface area (Å²) >= 11 is 6.06. The number of carbonyl (C=O) groups is 1. The zero-order valence-corrected chi connectivity index (χ0v) is 21.2. The molecule has 5 nitrogen and oxygen atoms in total. The van der Waals surface area contributed by atoms with E-state index in [1.807, 2.05) is 6.07 Å². The maximum Gasteiger partial charge on any atom is 0.417 e. The van der Waals surface area contributed by atoms with Gasteiger partial charge in [-0.2, -0.15) is 18.4 Å². The summed E-state index contributed by atoms with van der Waals surface area (Å²) in [5.74, 6) is -1.91. The predicted octanol–water partition coefficient (Wildman–Crippen LogP) is 6.76. The molecule has 10 heteroatoms. The first kappa shape index (κ1) is 27.9. The fourth-order valence-electron chi connectivity index (χ4n) is 3.79. The van der Waals surface area contributed by atoms with Gasteiger partial charge in [-0.25, -0.2) is 9.37 Å². The van der Waals surface area contributed by atoms with Crippen LogP contribution < -0.4 is 10.1 Å². The molecule has 0 aliphatic carbocycles. The van der Waals surface area contributed by atoms with E-state index >= 15 is 0 Å². The lowest BCUT2D eigenvalue weighted by Crippen LogP contribution is -2.55. The van der Waals surface area contributed by atoms with Gasteiger partial charge in [0.05, 0.1) is 22.7 Å². The Kier molecular flexibility index (Phi) is 7.84. The normalized spacial score (nSPS) is 14.3. The third kappa shape index (κ3) is 6.38. The SMILES string of the molecule is CC(c1cc(F)cc(C#N)c1)C(C)(NC(=O)C(C)(C)Oc1ccc(C(F)(F)F)cn1)c1ccc(Cl)cc1. The standard InChI is InChI=1S/C27H24ClF4N3O2/c1-16(18-11-17(14-33)12-22(29)13-18)26(4,19-5-8-21(28)9-6-19)35-24(36)25(2,3)37-23-10-7-20(15-34-23)27(30,31)32/h5-13,15-16H,1-4H3,(H,35,36). The summed E-state index contributed by atoms with van der Waals surface area (Å²) in [5, 5.41) is 12.7. The summed E-state index contributed by atoms with van der Waals surface area (Å²) in [6.45, 7) is 6.41. The number of benzene rings is 2. The number of aromatic nitrogens is 1. The van der Waals surface area contributed by atoms with Crippen LogP contribution in [0.2, 0.25) is 5.02 Å². The molecule has 194 valence electrons. The molecule has 37 heavy (non-hydrogen) atoms. The van der Waals surface area contributed by atoms with Gasteiger partial charge in [0.15, 0.2) is 5.60 Å². The Morgan fingerprint density at radius 3 is 2.22 bits per heavy atom. The highest BCUT2D eigenvalue weighted by atomic mass is 35.5. The number of halogens is 5. The number of nitrogens with one attached hydrogen (secondary N) is 1. The van der Waals surface area contributed by atoms with E-state index in [2.05, 4.69) is 10.3 Å². The van der Waals surface area contributed by atoms with Crippen LogP contribution in [0.25, 0.3) is 0 Å². The van der Waals surface area contributed by atoms with Crippen molar-refractivity contribution in [3.8, 4) is 11.9 Å². The van der Waals surface area contributed by atoms with E-state index in [0.717, 1.165) is 18.2 Å². The fraction of sp³-hybridized carbons (Fsp3) is 0.296. The van der Waals surface area contributed by atoms with Crippen LogP contribution in [-0.4, -0.2) is 16.5 Å². The maximum atomic E-state index is 14.3. The van der Waals surface area contributed by atoms with Gasteiger partial charge in [-0.1, -0.05) is 30.7 Å². The largest absolute Gasteiger partial charge is 0.462 e. The Bertz CT molecular complexity index is 1320. The molecule has 1 heterocycles. The minimum Gasteiger partial charge on any atom is -0.462 e. The van der Waals surface area contributed by atoms with Crippen LogP contribution in [0.1, 0.15) is 55.9 Å². The first-order valence-electron chi connectivity index (χ1n) is 11.2. The van der Waals surface area contributed by atoms with Crippen LogP contribution in [0.4, 0.5) is 17.6 Å². The zero-order valence-electron chi connectivity index (χ0n) is 20.5. The fourth-order valence-corrected chi connectivity index (χ4v) is 3.92. The van der Waals surface area contributed by atoms with Gasteiger partial charge in [-0.05, 0) is 68.3 Å². The molecule has 2 aromatic carbocycles. The van der Waals surface area contributed by atoms with E-state index in [4.69, 9.17) is 16.3 Å². The molecular weight excluding hydrogens is 510 g/mol. The number of carbonyl (C=O) groups excluding carboxylic acids is 1. The Labute approximate surface area is 217 Å². The van der Waals surface area contributed by atoms with Crippen molar-refractivity contribution in [2.24, 2.45) is 0 Å². The highest BCUT2D eigenvalue weighted by molar-refractivity contribution is 6.30. The third-order valence-corrected chi connectivity index (χ3v) is 6.45. The van der Waals surface area contributed by atoms with Crippen LogP contribution in [0.5, 0.6) is 5.88 Å². The number of amides is 1. The highest BCUT2D eigenvalue weighted by Gasteiger charge is 2.41. The zero-order chi connectivity index (χ0) is 27.6. The van der Waals surface area contributed by atoms with Crippen molar-refractivity contribution < 1.29 is 27.1 Å². The molecular formula is C27H24ClF4N3O2. The van der Waals surface area contributed by atoms with Crippen LogP contribution in [-0.2, 0) is 16.5 Å². The van der Waals surface area contributed by atoms with E-state index in [1.165, 1.54) is 19.9 Å². The molecule has 1 amide bonds. The summed E-state index contributed by atoms with van der Waals surface area (Å²) in [7, 11) is 0. The number of hydrogen-bond donors (Lipinski definition) is 1. The van der Waals surface area contributed by atoms with E-state index in [0.29, 0.717) is 22.3 Å². The number of hydrogen-bond acceptors (Lipinski definition) is 4. The van der Waals surface area contributed by atoms with Crippen LogP contribution in [0.3, 0.4) is 0 Å². The Balaban J connectivity index is 1.95. The lowest BCUT2D eigenvalue weighted by molar-refractivity contribution is -0.139. The lowest BCUT2D eigenvalue weighted by atomic mass is 9.76. The predicted molar refractivity (Wildman–Crippen MR) is 130 cm³/mol. The third-order valence-electron chi connectivity index (χ3n) is 6.20. The average molecular weight is 534 g/mol. The first-order chi connectivity index (χ1) is 17.2. The minimum absolute atomic E-state index is 0.128. The molecule has 0 bridgehead atoms. The Hall–Kier alpha value is -3.64. The van der Waals surface area contributed by atoms with Crippen LogP contribution >= 0.6 is 11.6 Å². The number of pyridine rings is 1. The summed E-state index contributed by atoms with van der Waals surface area (Å²) in [6, 6.07) is 14.5. The van der Waals surface area contributed by atoms with Crippen LogP contribution in [0, 0.1) is 17.1 Å². The molecule has 3 aromatic rings. The van der Waals surface area contributed by atoms with E-state index in [9.17, 15) is 27.6 Å². The molecule has 0 fully saturated rings. The second-order valence-electron chi connectivity index (χ2n) is 9.27. The highest BCUT2D eigenvalue weighted by Crippen LogP contribution is 2.38. The van der Waals surface area contributed by atoms with Gasteiger partial charge in [-0.15, -0.1) is 0 Å². The molecule has 2 unspecified atom stereocenters. The molecule has 0 saturated heterocycles. The van der Waals surface area contributed by atoms with Gasteiger partial charge in [0.1, 0.15) is 5.82 Å². The lowest BCUT2D eigenvalue weighted by Gasteiger charge is -2.40. The molecule has 0 spiro atoms. The summed E-state index contributed by atoms with van der Waals surface area (Å²) in [6.07, 6.45) is -3.93. The quantitative estimate of drug-likeness (QED) is 0.341. The smallest absolute Gasteiger partial charge is 0.417 e. The molecule has 2 atom stereocenters. The van der Waals surface area contributed by atoms with Crippen molar-refractivity contribution in [2.45, 2.75) is 50.9 Å². The van der Waals surface area contributed by atoms with E-state index in [1.54, 1.807) is 44.2 Å². The van der Waals surface area contributed by atoms with Crippen LogP contribution in [0.15, 0.2) is 60.8 Å². The second-order valence-corrected chi connectivity index (χ2v) is 9.70. The van der Waals surface area contributed by atoms with Gasteiger partial charge in [-0.3, -0.25) is 4.79 Å². The second kappa shape index (κ2) is 10.4. The molecule has 3 rings (SSSR count). The Morgan fingerprint density at radius 2 is 1.68 bits per heavy atom. The number of alkyl halides is 3. The number of ether oxygens (including phenoxy) is 1. The molecule has 0 aliphatic rings. The van der Waals surface area contributed by atoms with Gasteiger partial charge >= 0.3 is 6.18 Å². The summed E-state index contributed by atoms with van der Waals surface area (Å²) in [4.78, 5) is 17.2. The molecule has 0 aliphatic heterocycles. The first-order valence-corrected chi connectivity index (χ1v) is 11.5. The topological polar surface area (TPSA) is 75.0 Å². The number of nitriles is 1. The van der Waals surface area contributed by atoms with Gasteiger partial charge < -0.3 is 10.1 Å². The van der Waals surface area contributed by atoms with Crippen molar-refractivity contribution in [3.63, 3.8) is 0 Å². The molecule has 1 N–H and O–H groups in total. The van der Waals surface area contributed by atoms with E-state index in [-0.39, 0.29) is 11.4 Å². The monoisotopic (exact) mass is 533 g/mol. The van der Waals surface area contributed by atoms with Gasteiger partial charge in [0, 0.05) is 23.2 Å². The molecule has 0 radical (unpaired) electrons. The summed E-state index contributed by atoms with van der Waals surface area (Å²) < 4.78 is 58.5. The average Bonchev–Trinajstić information content (AvgIpc) is 2.82. The summed E-state index contributed by atoms with van der Waals surface area (Å²) in [5.41, 5.74) is -2.40. The van der Waals surface area contributed by atoms with Crippen molar-refractivity contribution >= 4 is 17.5 Å². The molecule has 1 aromatic heterocycles. The maximum absolute atomic E-state index is 14.3. The number of nitrogens with zero attached hydrogens (tertiary/aromatic N) is 2. The number of rotatable bonds is 7. The van der Waals surface area contributed by atoms with Crippen molar-refractivity contribution in [2.75, 3.05) is 0 Å². The van der Waals surface area contributed by atoms with Crippen molar-refractivity contribution in [1.29, 1.82) is 5.26 Å². The van der Waals surface area contributed by atoms with Gasteiger partial charge in [0.2, 0.25) is 5.88 Å². The molecule has 0 saturated carbocycles. The van der Waals surface area contributed by atoms with Crippen molar-refractivity contribution in [1.82, 2.24) is 10.3 Å². The van der Waals surface area contributed by atoms with E-state index < -0.39 is 40.5 Å². The van der Waals surface area contributed by atoms with Gasteiger partial charge in [0.25, 0.3) is 5.91 Å². The Morgan fingerprint density at radius 1 is 1.05 bits per heavy atom.